The first kappa shape index (κ1) is 24.5. The molecule has 8 heteroatoms. The summed E-state index contributed by atoms with van der Waals surface area (Å²) in [5.41, 5.74) is -0.773. The number of hydrogen-bond acceptors (Lipinski definition) is 6. The molecule has 9 rings (SSSR count). The minimum Gasteiger partial charge on any atom is -0.464 e. The molecule has 0 N–H and O–H groups in total. The highest BCUT2D eigenvalue weighted by atomic mass is 32.2. The fourth-order valence-electron chi connectivity index (χ4n) is 10.3. The van der Waals surface area contributed by atoms with Crippen LogP contribution in [-0.2, 0) is 19.1 Å². The maximum absolute atomic E-state index is 13.4. The number of rotatable bonds is 6. The van der Waals surface area contributed by atoms with Crippen LogP contribution in [0.5, 0.6) is 0 Å². The summed E-state index contributed by atoms with van der Waals surface area (Å²) >= 11 is 4.04. The Hall–Kier alpha value is -0.500. The van der Waals surface area contributed by atoms with E-state index in [1.54, 1.807) is 0 Å². The third-order valence-electron chi connectivity index (χ3n) is 10.9. The Morgan fingerprint density at radius 3 is 1.86 bits per heavy atom. The second kappa shape index (κ2) is 8.25. The van der Waals surface area contributed by atoms with Gasteiger partial charge in [-0.25, -0.2) is 8.78 Å². The van der Waals surface area contributed by atoms with Crippen LogP contribution in [0.25, 0.3) is 0 Å². The van der Waals surface area contributed by atoms with E-state index in [-0.39, 0.29) is 15.5 Å². The molecule has 0 radical (unpaired) electrons. The summed E-state index contributed by atoms with van der Waals surface area (Å²) in [6.45, 7) is 0.484. The van der Waals surface area contributed by atoms with Crippen LogP contribution in [0, 0.1) is 46.3 Å². The lowest BCUT2D eigenvalue weighted by Gasteiger charge is -2.62. The summed E-state index contributed by atoms with van der Waals surface area (Å²) in [6, 6.07) is 0. The van der Waals surface area contributed by atoms with Crippen molar-refractivity contribution in [3.63, 3.8) is 0 Å². The van der Waals surface area contributed by atoms with E-state index >= 15 is 0 Å². The third-order valence-corrected chi connectivity index (χ3v) is 15.1. The number of carbonyl (C=O) groups is 2. The van der Waals surface area contributed by atoms with E-state index in [1.807, 2.05) is 23.5 Å². The molecule has 3 atom stereocenters. The summed E-state index contributed by atoms with van der Waals surface area (Å²) in [6.07, 6.45) is 11.7. The molecule has 3 unspecified atom stereocenters. The van der Waals surface area contributed by atoms with Crippen molar-refractivity contribution < 1.29 is 27.8 Å². The van der Waals surface area contributed by atoms with Crippen LogP contribution in [-0.4, -0.2) is 46.2 Å². The predicted molar refractivity (Wildman–Crippen MR) is 136 cm³/mol. The average Bonchev–Trinajstić information content (AvgIpc) is 3.23. The topological polar surface area (TPSA) is 52.6 Å². The molecule has 0 aromatic heterocycles. The van der Waals surface area contributed by atoms with Gasteiger partial charge in [0.1, 0.15) is 6.61 Å². The van der Waals surface area contributed by atoms with E-state index in [0.29, 0.717) is 29.6 Å². The Kier molecular flexibility index (Phi) is 5.62. The molecule has 0 aromatic rings. The highest BCUT2D eigenvalue weighted by molar-refractivity contribution is 8.21. The van der Waals surface area contributed by atoms with Gasteiger partial charge < -0.3 is 9.47 Å². The molecule has 0 aromatic carbocycles. The van der Waals surface area contributed by atoms with Crippen LogP contribution >= 0.6 is 23.5 Å². The van der Waals surface area contributed by atoms with Gasteiger partial charge in [-0.1, -0.05) is 0 Å². The molecule has 1 spiro atoms. The first-order valence-corrected chi connectivity index (χ1v) is 16.0. The van der Waals surface area contributed by atoms with Gasteiger partial charge in [0.15, 0.2) is 6.61 Å². The zero-order chi connectivity index (χ0) is 24.9. The van der Waals surface area contributed by atoms with Crippen molar-refractivity contribution in [2.45, 2.75) is 92.8 Å². The van der Waals surface area contributed by atoms with Gasteiger partial charge in [0.05, 0.1) is 14.9 Å². The molecule has 1 saturated heterocycles. The van der Waals surface area contributed by atoms with Gasteiger partial charge in [-0.15, -0.1) is 23.5 Å². The van der Waals surface area contributed by atoms with Crippen molar-refractivity contribution in [1.82, 2.24) is 0 Å². The van der Waals surface area contributed by atoms with E-state index in [4.69, 9.17) is 9.47 Å². The second-order valence-corrected chi connectivity index (χ2v) is 17.0. The van der Waals surface area contributed by atoms with Crippen molar-refractivity contribution >= 4 is 35.5 Å². The lowest BCUT2D eigenvalue weighted by molar-refractivity contribution is -0.180. The van der Waals surface area contributed by atoms with Gasteiger partial charge in [-0.05, 0) is 106 Å². The molecule has 9 aliphatic rings. The number of hydrogen-bond donors (Lipinski definition) is 0. The summed E-state index contributed by atoms with van der Waals surface area (Å²) in [5.74, 6) is 1.18. The third kappa shape index (κ3) is 3.88. The van der Waals surface area contributed by atoms with E-state index in [1.165, 1.54) is 19.3 Å². The number of thioether (sulfide) groups is 2. The zero-order valence-corrected chi connectivity index (χ0v) is 22.8. The zero-order valence-electron chi connectivity index (χ0n) is 21.1. The molecule has 4 nitrogen and oxygen atoms in total. The molecule has 8 saturated carbocycles. The minimum atomic E-state index is -2.99. The van der Waals surface area contributed by atoms with Gasteiger partial charge in [-0.2, -0.15) is 0 Å². The molecular formula is C28H38F2O4S2. The minimum absolute atomic E-state index is 0.0765. The van der Waals surface area contributed by atoms with E-state index < -0.39 is 23.9 Å². The van der Waals surface area contributed by atoms with Gasteiger partial charge in [0.25, 0.3) is 5.92 Å². The van der Waals surface area contributed by atoms with Crippen molar-refractivity contribution in [2.75, 3.05) is 19.0 Å². The number of halogens is 2. The van der Waals surface area contributed by atoms with Crippen LogP contribution < -0.4 is 0 Å². The maximum atomic E-state index is 13.4. The Bertz CT molecular complexity index is 897. The average molecular weight is 541 g/mol. The van der Waals surface area contributed by atoms with Crippen molar-refractivity contribution in [1.29, 1.82) is 0 Å². The Labute approximate surface area is 221 Å². The Balaban J connectivity index is 0.992. The normalized spacial score (nSPS) is 50.1. The second-order valence-electron chi connectivity index (χ2n) is 13.8. The molecular weight excluding hydrogens is 502 g/mol. The largest absolute Gasteiger partial charge is 0.464 e. The van der Waals surface area contributed by atoms with Gasteiger partial charge in [0, 0.05) is 17.9 Å². The fourth-order valence-corrected chi connectivity index (χ4v) is 14.4. The van der Waals surface area contributed by atoms with Crippen LogP contribution in [0.4, 0.5) is 8.78 Å². The molecule has 8 bridgehead atoms. The Morgan fingerprint density at radius 1 is 0.806 bits per heavy atom. The van der Waals surface area contributed by atoms with Gasteiger partial charge >= 0.3 is 11.9 Å². The molecule has 9 fully saturated rings. The summed E-state index contributed by atoms with van der Waals surface area (Å²) < 4.78 is 38.1. The number of esters is 2. The highest BCUT2D eigenvalue weighted by Crippen LogP contribution is 2.73. The first-order valence-electron chi connectivity index (χ1n) is 14.1. The number of ether oxygens (including phenoxy) is 2. The van der Waals surface area contributed by atoms with E-state index in [9.17, 15) is 18.4 Å². The quantitative estimate of drug-likeness (QED) is 0.368. The van der Waals surface area contributed by atoms with Crippen LogP contribution in [0.1, 0.15) is 77.6 Å². The van der Waals surface area contributed by atoms with Crippen molar-refractivity contribution in [3.8, 4) is 0 Å². The predicted octanol–water partition coefficient (Wildman–Crippen LogP) is 6.32. The van der Waals surface area contributed by atoms with Crippen LogP contribution in [0.2, 0.25) is 0 Å². The highest BCUT2D eigenvalue weighted by Gasteiger charge is 2.67. The van der Waals surface area contributed by atoms with Crippen molar-refractivity contribution in [2.24, 2.45) is 46.3 Å². The van der Waals surface area contributed by atoms with E-state index in [0.717, 1.165) is 81.8 Å². The smallest absolute Gasteiger partial charge is 0.312 e. The maximum Gasteiger partial charge on any atom is 0.312 e. The molecule has 1 aliphatic heterocycles. The van der Waals surface area contributed by atoms with Gasteiger partial charge in [-0.3, -0.25) is 9.59 Å². The van der Waals surface area contributed by atoms with Crippen LogP contribution in [0.15, 0.2) is 0 Å². The Morgan fingerprint density at radius 2 is 1.31 bits per heavy atom. The molecule has 0 amide bonds. The lowest BCUT2D eigenvalue weighted by atomic mass is 9.49. The summed E-state index contributed by atoms with van der Waals surface area (Å²) in [7, 11) is 0. The fraction of sp³-hybridized carbons (Fsp3) is 0.929. The van der Waals surface area contributed by atoms with E-state index in [2.05, 4.69) is 0 Å². The molecule has 36 heavy (non-hydrogen) atoms. The SMILES string of the molecule is CC(F)(F)COC(=O)C12CC3CC(C1)C1(SCC(COC(=O)C45CC6CC(CC(C6)C4)C5)S1)C(C3)C2. The van der Waals surface area contributed by atoms with Crippen molar-refractivity contribution in [3.05, 3.63) is 0 Å². The molecule has 200 valence electrons. The monoisotopic (exact) mass is 540 g/mol. The number of alkyl halides is 2. The summed E-state index contributed by atoms with van der Waals surface area (Å²) in [5, 5.41) is 0.298. The van der Waals surface area contributed by atoms with Crippen LogP contribution in [0.3, 0.4) is 0 Å². The lowest BCUT2D eigenvalue weighted by Crippen LogP contribution is -2.60. The number of carbonyl (C=O) groups excluding carboxylic acids is 2. The first-order chi connectivity index (χ1) is 17.1. The standard InChI is InChI=1S/C28H38F2O4S2/c1-25(29,30)15-34-24(32)27-10-19-5-20(11-27)28(21(6-19)12-27)35-14-22(36-28)13-33-23(31)26-7-16-2-17(8-26)4-18(3-16)9-26/h16-22H,2-15H2,1H3. The summed E-state index contributed by atoms with van der Waals surface area (Å²) in [4.78, 5) is 26.4. The molecule has 8 aliphatic carbocycles. The van der Waals surface area contributed by atoms with Gasteiger partial charge in [0.2, 0.25) is 0 Å². The molecule has 1 heterocycles.